The van der Waals surface area contributed by atoms with Crippen molar-refractivity contribution in [3.63, 3.8) is 0 Å². The van der Waals surface area contributed by atoms with Crippen molar-refractivity contribution in [3.8, 4) is 0 Å². The number of carbonyl (C=O) groups excluding carboxylic acids is 1. The lowest BCUT2D eigenvalue weighted by Gasteiger charge is -2.21. The highest BCUT2D eigenvalue weighted by Crippen LogP contribution is 2.21. The molecule has 0 saturated carbocycles. The van der Waals surface area contributed by atoms with E-state index in [4.69, 9.17) is 11.6 Å². The van der Waals surface area contributed by atoms with E-state index in [1.807, 2.05) is 4.90 Å². The number of carbonyl (C=O) groups is 1. The van der Waals surface area contributed by atoms with E-state index >= 15 is 0 Å². The predicted octanol–water partition coefficient (Wildman–Crippen LogP) is 2.72. The van der Waals surface area contributed by atoms with Crippen LogP contribution in [0.4, 0.5) is 10.3 Å². The molecule has 2 atom stereocenters. The van der Waals surface area contributed by atoms with Gasteiger partial charge >= 0.3 is 0 Å². The van der Waals surface area contributed by atoms with Crippen molar-refractivity contribution in [2.75, 3.05) is 18.0 Å². The van der Waals surface area contributed by atoms with Gasteiger partial charge in [-0.05, 0) is 37.5 Å². The summed E-state index contributed by atoms with van der Waals surface area (Å²) in [5.41, 5.74) is 0.576. The van der Waals surface area contributed by atoms with Gasteiger partial charge in [-0.25, -0.2) is 14.4 Å². The Hall–Kier alpha value is -2.25. The summed E-state index contributed by atoms with van der Waals surface area (Å²) in [5, 5.41) is 13.2. The van der Waals surface area contributed by atoms with Crippen molar-refractivity contribution >= 4 is 23.5 Å². The highest BCUT2D eigenvalue weighted by atomic mass is 35.5. The smallest absolute Gasteiger partial charge is 0.271 e. The molecule has 0 bridgehead atoms. The van der Waals surface area contributed by atoms with Gasteiger partial charge in [0.2, 0.25) is 5.95 Å². The Kier molecular flexibility index (Phi) is 5.68. The number of amides is 1. The van der Waals surface area contributed by atoms with Crippen molar-refractivity contribution in [3.05, 3.63) is 52.6 Å². The summed E-state index contributed by atoms with van der Waals surface area (Å²) >= 11 is 6.09. The monoisotopic (exact) mass is 378 g/mol. The summed E-state index contributed by atoms with van der Waals surface area (Å²) in [5.74, 6) is -0.407. The second-order valence-corrected chi connectivity index (χ2v) is 6.73. The highest BCUT2D eigenvalue weighted by molar-refractivity contribution is 6.33. The second-order valence-electron chi connectivity index (χ2n) is 6.32. The topological polar surface area (TPSA) is 78.4 Å². The number of halogens is 2. The van der Waals surface area contributed by atoms with Crippen LogP contribution in [-0.2, 0) is 0 Å². The second kappa shape index (κ2) is 7.97. The molecule has 2 aromatic rings. The third kappa shape index (κ3) is 4.11. The zero-order valence-corrected chi connectivity index (χ0v) is 15.1. The molecule has 26 heavy (non-hydrogen) atoms. The Morgan fingerprint density at radius 1 is 1.31 bits per heavy atom. The molecule has 8 heteroatoms. The first-order valence-electron chi connectivity index (χ1n) is 8.47. The van der Waals surface area contributed by atoms with E-state index in [0.717, 1.165) is 25.9 Å². The number of nitrogens with zero attached hydrogens (tertiary/aromatic N) is 3. The van der Waals surface area contributed by atoms with Gasteiger partial charge in [0.25, 0.3) is 5.91 Å². The maximum absolute atomic E-state index is 13.0. The SMILES string of the molecule is CC(NC(=O)c1nc(N2CCCC2)ncc1Cl)C(O)c1ccc(F)cc1. The molecule has 2 N–H and O–H groups in total. The minimum absolute atomic E-state index is 0.0710. The molecule has 1 aromatic carbocycles. The van der Waals surface area contributed by atoms with Crippen LogP contribution in [-0.4, -0.2) is 40.1 Å². The molecule has 1 aromatic heterocycles. The minimum Gasteiger partial charge on any atom is -0.386 e. The van der Waals surface area contributed by atoms with Crippen LogP contribution in [0.25, 0.3) is 0 Å². The lowest BCUT2D eigenvalue weighted by atomic mass is 10.0. The first-order valence-corrected chi connectivity index (χ1v) is 8.85. The molecule has 1 aliphatic rings. The molecule has 1 amide bonds. The van der Waals surface area contributed by atoms with Gasteiger partial charge in [-0.1, -0.05) is 23.7 Å². The summed E-state index contributed by atoms with van der Waals surface area (Å²) in [6.45, 7) is 3.35. The lowest BCUT2D eigenvalue weighted by Crippen LogP contribution is -2.38. The van der Waals surface area contributed by atoms with Crippen molar-refractivity contribution in [1.29, 1.82) is 0 Å². The van der Waals surface area contributed by atoms with Gasteiger partial charge < -0.3 is 15.3 Å². The third-order valence-electron chi connectivity index (χ3n) is 4.38. The Morgan fingerprint density at radius 3 is 2.62 bits per heavy atom. The number of rotatable bonds is 5. The number of aliphatic hydroxyl groups is 1. The quantitative estimate of drug-likeness (QED) is 0.836. The molecule has 2 heterocycles. The van der Waals surface area contributed by atoms with E-state index in [-0.39, 0.29) is 16.5 Å². The van der Waals surface area contributed by atoms with Crippen LogP contribution in [0.3, 0.4) is 0 Å². The molecule has 1 saturated heterocycles. The fraction of sp³-hybridized carbons (Fsp3) is 0.389. The largest absolute Gasteiger partial charge is 0.386 e. The average Bonchev–Trinajstić information content (AvgIpc) is 3.16. The molecule has 1 aliphatic heterocycles. The molecule has 138 valence electrons. The van der Waals surface area contributed by atoms with Crippen LogP contribution in [0.2, 0.25) is 5.02 Å². The first-order chi connectivity index (χ1) is 12.5. The Bertz CT molecular complexity index is 781. The number of aromatic nitrogens is 2. The molecule has 1 fully saturated rings. The summed E-state index contributed by atoms with van der Waals surface area (Å²) < 4.78 is 13.0. The highest BCUT2D eigenvalue weighted by Gasteiger charge is 2.23. The maximum atomic E-state index is 13.0. The minimum atomic E-state index is -0.988. The van der Waals surface area contributed by atoms with Crippen LogP contribution < -0.4 is 10.2 Å². The summed E-state index contributed by atoms with van der Waals surface area (Å²) in [7, 11) is 0. The molecular formula is C18H20ClFN4O2. The normalized spacial score (nSPS) is 16.4. The van der Waals surface area contributed by atoms with E-state index in [0.29, 0.717) is 11.5 Å². The Labute approximate surface area is 156 Å². The van der Waals surface area contributed by atoms with Crippen molar-refractivity contribution in [1.82, 2.24) is 15.3 Å². The Balaban J connectivity index is 1.72. The zero-order chi connectivity index (χ0) is 18.7. The summed E-state index contributed by atoms with van der Waals surface area (Å²) in [6.07, 6.45) is 2.55. The number of anilines is 1. The van der Waals surface area contributed by atoms with Crippen molar-refractivity contribution < 1.29 is 14.3 Å². The van der Waals surface area contributed by atoms with Crippen LogP contribution in [0.1, 0.15) is 41.9 Å². The molecule has 3 rings (SSSR count). The van der Waals surface area contributed by atoms with Gasteiger partial charge in [-0.3, -0.25) is 4.79 Å². The van der Waals surface area contributed by atoms with Crippen LogP contribution in [0, 0.1) is 5.82 Å². The lowest BCUT2D eigenvalue weighted by molar-refractivity contribution is 0.0847. The average molecular weight is 379 g/mol. The summed E-state index contributed by atoms with van der Waals surface area (Å²) in [4.78, 5) is 23.0. The first kappa shape index (κ1) is 18.5. The third-order valence-corrected chi connectivity index (χ3v) is 4.66. The number of hydrogen-bond donors (Lipinski definition) is 2. The van der Waals surface area contributed by atoms with Crippen molar-refractivity contribution in [2.45, 2.75) is 31.9 Å². The van der Waals surface area contributed by atoms with Gasteiger partial charge in [-0.15, -0.1) is 0 Å². The van der Waals surface area contributed by atoms with E-state index in [2.05, 4.69) is 15.3 Å². The van der Waals surface area contributed by atoms with Crippen LogP contribution >= 0.6 is 11.6 Å². The van der Waals surface area contributed by atoms with Crippen LogP contribution in [0.15, 0.2) is 30.5 Å². The van der Waals surface area contributed by atoms with Crippen LogP contribution in [0.5, 0.6) is 0 Å². The molecule has 0 spiro atoms. The fourth-order valence-electron chi connectivity index (χ4n) is 2.89. The number of nitrogens with one attached hydrogen (secondary N) is 1. The van der Waals surface area contributed by atoms with E-state index < -0.39 is 18.1 Å². The standard InChI is InChI=1S/C18H20ClFN4O2/c1-11(16(25)12-4-6-13(20)7-5-12)22-17(26)15-14(19)10-21-18(23-15)24-8-2-3-9-24/h4-7,10-11,16,25H,2-3,8-9H2,1H3,(H,22,26). The molecule has 0 radical (unpaired) electrons. The van der Waals surface area contributed by atoms with Gasteiger partial charge in [0.1, 0.15) is 5.82 Å². The Morgan fingerprint density at radius 2 is 1.96 bits per heavy atom. The number of hydrogen-bond acceptors (Lipinski definition) is 5. The van der Waals surface area contributed by atoms with E-state index in [9.17, 15) is 14.3 Å². The van der Waals surface area contributed by atoms with Gasteiger partial charge in [0, 0.05) is 13.1 Å². The summed E-state index contributed by atoms with van der Waals surface area (Å²) in [6, 6.07) is 4.86. The van der Waals surface area contributed by atoms with Gasteiger partial charge in [0.15, 0.2) is 5.69 Å². The molecular weight excluding hydrogens is 359 g/mol. The molecule has 0 aliphatic carbocycles. The molecule has 6 nitrogen and oxygen atoms in total. The van der Waals surface area contributed by atoms with Crippen molar-refractivity contribution in [2.24, 2.45) is 0 Å². The fourth-order valence-corrected chi connectivity index (χ4v) is 3.07. The zero-order valence-electron chi connectivity index (χ0n) is 14.3. The van der Waals surface area contributed by atoms with E-state index in [1.165, 1.54) is 30.5 Å². The number of benzene rings is 1. The maximum Gasteiger partial charge on any atom is 0.271 e. The molecule has 2 unspecified atom stereocenters. The van der Waals surface area contributed by atoms with Gasteiger partial charge in [-0.2, -0.15) is 0 Å². The van der Waals surface area contributed by atoms with Gasteiger partial charge in [0.05, 0.1) is 23.4 Å². The number of aliphatic hydroxyl groups excluding tert-OH is 1. The predicted molar refractivity (Wildman–Crippen MR) is 96.8 cm³/mol. The van der Waals surface area contributed by atoms with E-state index in [1.54, 1.807) is 6.92 Å².